The summed E-state index contributed by atoms with van der Waals surface area (Å²) in [6.45, 7) is 3.54. The maximum atomic E-state index is 11.9. The number of aryl methyl sites for hydroxylation is 2. The van der Waals surface area contributed by atoms with Gasteiger partial charge in [-0.2, -0.15) is 0 Å². The van der Waals surface area contributed by atoms with Crippen LogP contribution in [0.3, 0.4) is 0 Å². The smallest absolute Gasteiger partial charge is 0.240 e. The van der Waals surface area contributed by atoms with Crippen molar-refractivity contribution in [1.82, 2.24) is 19.7 Å². The number of nitrogen functional groups attached to an aromatic ring is 1. The molecular formula is C16H15N5O. The molecule has 2 N–H and O–H groups in total. The summed E-state index contributed by atoms with van der Waals surface area (Å²) in [6, 6.07) is 9.61. The summed E-state index contributed by atoms with van der Waals surface area (Å²) < 4.78 is 1.76. The van der Waals surface area contributed by atoms with E-state index < -0.39 is 0 Å². The molecule has 3 rings (SSSR count). The lowest BCUT2D eigenvalue weighted by molar-refractivity contribution is 0.875. The number of nitrogens with zero attached hydrogens (tertiary/aromatic N) is 4. The predicted molar refractivity (Wildman–Crippen MR) is 84.7 cm³/mol. The highest BCUT2D eigenvalue weighted by Crippen LogP contribution is 2.23. The Morgan fingerprint density at radius 2 is 1.64 bits per heavy atom. The fourth-order valence-corrected chi connectivity index (χ4v) is 2.30. The van der Waals surface area contributed by atoms with Crippen molar-refractivity contribution < 1.29 is 0 Å². The largest absolute Gasteiger partial charge is 0.366 e. The molecule has 0 atom stereocenters. The van der Waals surface area contributed by atoms with E-state index in [-0.39, 0.29) is 11.4 Å². The van der Waals surface area contributed by atoms with Crippen molar-refractivity contribution in [1.29, 1.82) is 0 Å². The molecule has 0 bridgehead atoms. The lowest BCUT2D eigenvalue weighted by Gasteiger charge is -2.12. The molecular weight excluding hydrogens is 278 g/mol. The predicted octanol–water partition coefficient (Wildman–Crippen LogP) is 1.89. The molecule has 1 aromatic carbocycles. The fourth-order valence-electron chi connectivity index (χ4n) is 2.30. The number of anilines is 1. The molecule has 6 nitrogen and oxygen atoms in total. The highest BCUT2D eigenvalue weighted by Gasteiger charge is 2.13. The van der Waals surface area contributed by atoms with Crippen LogP contribution in [0, 0.1) is 13.8 Å². The maximum absolute atomic E-state index is 11.9. The fraction of sp³-hybridized carbons (Fsp3) is 0.125. The molecule has 110 valence electrons. The Hall–Kier alpha value is -3.02. The number of hydrogen-bond acceptors (Lipinski definition) is 5. The molecule has 0 spiro atoms. The van der Waals surface area contributed by atoms with E-state index in [0.717, 1.165) is 5.56 Å². The van der Waals surface area contributed by atoms with Gasteiger partial charge in [0, 0.05) is 29.1 Å². The van der Waals surface area contributed by atoms with E-state index in [9.17, 15) is 4.79 Å². The van der Waals surface area contributed by atoms with E-state index in [1.54, 1.807) is 30.8 Å². The second-order valence-electron chi connectivity index (χ2n) is 5.07. The third-order valence-corrected chi connectivity index (χ3v) is 3.36. The molecule has 3 aromatic rings. The quantitative estimate of drug-likeness (QED) is 0.779. The molecule has 0 aliphatic rings. The Morgan fingerprint density at radius 3 is 2.27 bits per heavy atom. The van der Waals surface area contributed by atoms with Gasteiger partial charge in [-0.1, -0.05) is 30.3 Å². The van der Waals surface area contributed by atoms with E-state index in [1.807, 2.05) is 30.3 Å². The van der Waals surface area contributed by atoms with E-state index in [4.69, 9.17) is 5.73 Å². The highest BCUT2D eigenvalue weighted by molar-refractivity contribution is 5.67. The third kappa shape index (κ3) is 2.46. The van der Waals surface area contributed by atoms with Crippen LogP contribution in [0.4, 0.5) is 5.95 Å². The first-order chi connectivity index (χ1) is 10.6. The first-order valence-electron chi connectivity index (χ1n) is 6.82. The van der Waals surface area contributed by atoms with Crippen molar-refractivity contribution in [3.05, 3.63) is 64.1 Å². The van der Waals surface area contributed by atoms with E-state index in [1.165, 1.54) is 0 Å². The Balaban J connectivity index is 2.26. The zero-order valence-electron chi connectivity index (χ0n) is 12.3. The summed E-state index contributed by atoms with van der Waals surface area (Å²) in [7, 11) is 0. The van der Waals surface area contributed by atoms with Gasteiger partial charge < -0.3 is 10.3 Å². The van der Waals surface area contributed by atoms with Gasteiger partial charge in [0.05, 0.1) is 0 Å². The first-order valence-corrected chi connectivity index (χ1v) is 6.82. The molecule has 0 saturated heterocycles. The van der Waals surface area contributed by atoms with Crippen molar-refractivity contribution in [3.8, 4) is 17.1 Å². The van der Waals surface area contributed by atoms with Crippen molar-refractivity contribution in [2.75, 3.05) is 5.73 Å². The molecule has 0 amide bonds. The van der Waals surface area contributed by atoms with Gasteiger partial charge in [0.25, 0.3) is 0 Å². The standard InChI is InChI=1S/C16H15N5O/c1-10-8-21(9-11(2)14(10)22)15-13(18-16(17)20-19-15)12-6-4-3-5-7-12/h3-9H,1-2H3,(H2,17,18,20). The summed E-state index contributed by atoms with van der Waals surface area (Å²) in [5.74, 6) is 0.642. The number of pyridine rings is 1. The number of nitrogens with two attached hydrogens (primary N) is 1. The topological polar surface area (TPSA) is 86.7 Å². The van der Waals surface area contributed by atoms with Crippen molar-refractivity contribution >= 4 is 5.95 Å². The molecule has 2 aromatic heterocycles. The minimum Gasteiger partial charge on any atom is -0.366 e. The van der Waals surface area contributed by atoms with Crippen LogP contribution in [0.25, 0.3) is 17.1 Å². The van der Waals surface area contributed by atoms with Gasteiger partial charge in [0.15, 0.2) is 11.2 Å². The number of aromatic nitrogens is 4. The lowest BCUT2D eigenvalue weighted by Crippen LogP contribution is -2.15. The van der Waals surface area contributed by atoms with Crippen LogP contribution in [-0.2, 0) is 0 Å². The van der Waals surface area contributed by atoms with Crippen LogP contribution < -0.4 is 11.2 Å². The van der Waals surface area contributed by atoms with Gasteiger partial charge in [-0.05, 0) is 13.8 Å². The molecule has 2 heterocycles. The molecule has 0 saturated carbocycles. The van der Waals surface area contributed by atoms with E-state index in [0.29, 0.717) is 22.6 Å². The summed E-state index contributed by atoms with van der Waals surface area (Å²) in [5.41, 5.74) is 8.48. The zero-order valence-corrected chi connectivity index (χ0v) is 12.3. The normalized spacial score (nSPS) is 10.6. The Labute approximate surface area is 127 Å². The van der Waals surface area contributed by atoms with Crippen LogP contribution in [0.1, 0.15) is 11.1 Å². The monoisotopic (exact) mass is 293 g/mol. The molecule has 6 heteroatoms. The van der Waals surface area contributed by atoms with Crippen LogP contribution in [0.5, 0.6) is 0 Å². The van der Waals surface area contributed by atoms with Gasteiger partial charge in [0.2, 0.25) is 5.95 Å². The molecule has 0 fully saturated rings. The highest BCUT2D eigenvalue weighted by atomic mass is 16.1. The Bertz CT molecular complexity index is 861. The third-order valence-electron chi connectivity index (χ3n) is 3.36. The molecule has 0 aliphatic heterocycles. The second-order valence-corrected chi connectivity index (χ2v) is 5.07. The van der Waals surface area contributed by atoms with Gasteiger partial charge in [-0.25, -0.2) is 4.98 Å². The summed E-state index contributed by atoms with van der Waals surface area (Å²) in [5, 5.41) is 8.00. The molecule has 0 radical (unpaired) electrons. The average Bonchev–Trinajstić information content (AvgIpc) is 2.53. The van der Waals surface area contributed by atoms with Gasteiger partial charge in [0.1, 0.15) is 5.69 Å². The Morgan fingerprint density at radius 1 is 1.00 bits per heavy atom. The van der Waals surface area contributed by atoms with Gasteiger partial charge in [-0.3, -0.25) is 4.79 Å². The summed E-state index contributed by atoms with van der Waals surface area (Å²) >= 11 is 0. The molecule has 0 aliphatic carbocycles. The maximum Gasteiger partial charge on any atom is 0.240 e. The summed E-state index contributed by atoms with van der Waals surface area (Å²) in [4.78, 5) is 16.2. The van der Waals surface area contributed by atoms with Crippen LogP contribution in [-0.4, -0.2) is 19.7 Å². The summed E-state index contributed by atoms with van der Waals surface area (Å²) in [6.07, 6.45) is 3.45. The SMILES string of the molecule is Cc1cn(-c2nnc(N)nc2-c2ccccc2)cc(C)c1=O. The second kappa shape index (κ2) is 5.40. The number of rotatable bonds is 2. The zero-order chi connectivity index (χ0) is 15.7. The molecule has 22 heavy (non-hydrogen) atoms. The van der Waals surface area contributed by atoms with Gasteiger partial charge in [-0.15, -0.1) is 10.2 Å². The minimum absolute atomic E-state index is 0.0221. The van der Waals surface area contributed by atoms with Crippen LogP contribution in [0.2, 0.25) is 0 Å². The van der Waals surface area contributed by atoms with Crippen molar-refractivity contribution in [3.63, 3.8) is 0 Å². The first kappa shape index (κ1) is 13.9. The van der Waals surface area contributed by atoms with Crippen molar-refractivity contribution in [2.45, 2.75) is 13.8 Å². The Kier molecular flexibility index (Phi) is 3.42. The van der Waals surface area contributed by atoms with Crippen molar-refractivity contribution in [2.24, 2.45) is 0 Å². The van der Waals surface area contributed by atoms with Crippen LogP contribution >= 0.6 is 0 Å². The number of benzene rings is 1. The van der Waals surface area contributed by atoms with E-state index >= 15 is 0 Å². The number of hydrogen-bond donors (Lipinski definition) is 1. The molecule has 0 unspecified atom stereocenters. The average molecular weight is 293 g/mol. The minimum atomic E-state index is 0.0221. The van der Waals surface area contributed by atoms with E-state index in [2.05, 4.69) is 15.2 Å². The lowest BCUT2D eigenvalue weighted by atomic mass is 10.1. The van der Waals surface area contributed by atoms with Crippen LogP contribution in [0.15, 0.2) is 47.5 Å². The van der Waals surface area contributed by atoms with Gasteiger partial charge >= 0.3 is 0 Å².